The number of hydrogen-bond acceptors (Lipinski definition) is 1. The largest absolute Gasteiger partial charge is 0.369 e. The zero-order valence-electron chi connectivity index (χ0n) is 9.75. The predicted octanol–water partition coefficient (Wildman–Crippen LogP) is 4.98. The van der Waals surface area contributed by atoms with Gasteiger partial charge in [0, 0.05) is 10.4 Å². The highest BCUT2D eigenvalue weighted by molar-refractivity contribution is 9.09. The maximum atomic E-state index is 6.03. The summed E-state index contributed by atoms with van der Waals surface area (Å²) in [6.45, 7) is 4.31. The zero-order valence-corrected chi connectivity index (χ0v) is 12.1. The van der Waals surface area contributed by atoms with Crippen molar-refractivity contribution in [3.63, 3.8) is 0 Å². The Morgan fingerprint density at radius 3 is 2.19 bits per heavy atom. The van der Waals surface area contributed by atoms with Gasteiger partial charge in [-0.15, -0.1) is 0 Å². The molecule has 0 radical (unpaired) electrons. The van der Waals surface area contributed by atoms with Gasteiger partial charge in [-0.2, -0.15) is 0 Å². The number of halogens is 2. The standard InChI is InChI=1S/C13H18BrClO/c1-3-12(4-2)16-13(9-14)10-5-7-11(15)8-6-10/h5-8,12-13H,3-4,9H2,1-2H3. The molecule has 1 unspecified atom stereocenters. The highest BCUT2D eigenvalue weighted by Crippen LogP contribution is 2.24. The molecule has 0 heterocycles. The SMILES string of the molecule is CCC(CC)OC(CBr)c1ccc(Cl)cc1. The van der Waals surface area contributed by atoms with Crippen LogP contribution in [0, 0.1) is 0 Å². The molecule has 1 atom stereocenters. The van der Waals surface area contributed by atoms with Gasteiger partial charge in [-0.25, -0.2) is 0 Å². The molecule has 0 aliphatic carbocycles. The Kier molecular flexibility index (Phi) is 6.40. The minimum Gasteiger partial charge on any atom is -0.369 e. The summed E-state index contributed by atoms with van der Waals surface area (Å²) in [5.41, 5.74) is 1.17. The second-order valence-electron chi connectivity index (χ2n) is 3.77. The molecule has 0 spiro atoms. The van der Waals surface area contributed by atoms with Crippen LogP contribution in [-0.2, 0) is 4.74 Å². The summed E-state index contributed by atoms with van der Waals surface area (Å²) in [7, 11) is 0. The van der Waals surface area contributed by atoms with E-state index >= 15 is 0 Å². The van der Waals surface area contributed by atoms with Crippen molar-refractivity contribution in [3.05, 3.63) is 34.9 Å². The Morgan fingerprint density at radius 1 is 1.19 bits per heavy atom. The van der Waals surface area contributed by atoms with Crippen molar-refractivity contribution < 1.29 is 4.74 Å². The van der Waals surface area contributed by atoms with E-state index in [0.717, 1.165) is 23.2 Å². The Balaban J connectivity index is 2.70. The third-order valence-corrected chi connectivity index (χ3v) is 3.49. The molecule has 16 heavy (non-hydrogen) atoms. The van der Waals surface area contributed by atoms with Crippen LogP contribution in [0.4, 0.5) is 0 Å². The van der Waals surface area contributed by atoms with E-state index in [1.807, 2.05) is 24.3 Å². The van der Waals surface area contributed by atoms with E-state index in [-0.39, 0.29) is 6.10 Å². The molecule has 1 rings (SSSR count). The van der Waals surface area contributed by atoms with Crippen molar-refractivity contribution in [1.29, 1.82) is 0 Å². The fourth-order valence-corrected chi connectivity index (χ4v) is 2.25. The average molecular weight is 306 g/mol. The van der Waals surface area contributed by atoms with Gasteiger partial charge in [0.15, 0.2) is 0 Å². The normalized spacial score (nSPS) is 13.1. The molecule has 0 aromatic heterocycles. The fourth-order valence-electron chi connectivity index (χ4n) is 1.59. The molecule has 90 valence electrons. The number of ether oxygens (including phenoxy) is 1. The van der Waals surface area contributed by atoms with E-state index in [1.165, 1.54) is 5.56 Å². The van der Waals surface area contributed by atoms with Crippen LogP contribution in [-0.4, -0.2) is 11.4 Å². The number of hydrogen-bond donors (Lipinski definition) is 0. The zero-order chi connectivity index (χ0) is 12.0. The molecule has 0 aliphatic rings. The van der Waals surface area contributed by atoms with Crippen molar-refractivity contribution in [2.24, 2.45) is 0 Å². The van der Waals surface area contributed by atoms with Crippen LogP contribution in [0.15, 0.2) is 24.3 Å². The van der Waals surface area contributed by atoms with Crippen LogP contribution >= 0.6 is 27.5 Å². The molecule has 1 aromatic carbocycles. The summed E-state index contributed by atoms with van der Waals surface area (Å²) < 4.78 is 6.03. The third-order valence-electron chi connectivity index (χ3n) is 2.65. The first-order chi connectivity index (χ1) is 7.71. The van der Waals surface area contributed by atoms with Crippen molar-refractivity contribution in [2.75, 3.05) is 5.33 Å². The summed E-state index contributed by atoms with van der Waals surface area (Å²) in [6.07, 6.45) is 2.54. The van der Waals surface area contributed by atoms with Crippen LogP contribution in [0.25, 0.3) is 0 Å². The highest BCUT2D eigenvalue weighted by atomic mass is 79.9. The Bertz CT molecular complexity index is 295. The molecular weight excluding hydrogens is 287 g/mol. The van der Waals surface area contributed by atoms with Crippen LogP contribution in [0.3, 0.4) is 0 Å². The van der Waals surface area contributed by atoms with E-state index in [0.29, 0.717) is 6.10 Å². The smallest absolute Gasteiger partial charge is 0.0925 e. The van der Waals surface area contributed by atoms with Gasteiger partial charge in [0.1, 0.15) is 0 Å². The molecule has 3 heteroatoms. The van der Waals surface area contributed by atoms with E-state index in [4.69, 9.17) is 16.3 Å². The fraction of sp³-hybridized carbons (Fsp3) is 0.538. The first kappa shape index (κ1) is 14.0. The number of alkyl halides is 1. The van der Waals surface area contributed by atoms with Crippen molar-refractivity contribution in [3.8, 4) is 0 Å². The maximum absolute atomic E-state index is 6.03. The lowest BCUT2D eigenvalue weighted by molar-refractivity contribution is -0.00393. The van der Waals surface area contributed by atoms with Gasteiger partial charge < -0.3 is 4.74 Å². The van der Waals surface area contributed by atoms with Crippen molar-refractivity contribution in [2.45, 2.75) is 38.9 Å². The van der Waals surface area contributed by atoms with E-state index in [9.17, 15) is 0 Å². The Morgan fingerprint density at radius 2 is 1.75 bits per heavy atom. The van der Waals surface area contributed by atoms with E-state index in [1.54, 1.807) is 0 Å². The first-order valence-corrected chi connectivity index (χ1v) is 7.18. The Labute approximate surface area is 111 Å². The molecule has 1 aromatic rings. The van der Waals surface area contributed by atoms with Gasteiger partial charge in [0.2, 0.25) is 0 Å². The van der Waals surface area contributed by atoms with Gasteiger partial charge in [0.25, 0.3) is 0 Å². The average Bonchev–Trinajstić information content (AvgIpc) is 2.32. The summed E-state index contributed by atoms with van der Waals surface area (Å²) in [5.74, 6) is 0. The maximum Gasteiger partial charge on any atom is 0.0925 e. The number of rotatable bonds is 6. The van der Waals surface area contributed by atoms with Crippen molar-refractivity contribution in [1.82, 2.24) is 0 Å². The van der Waals surface area contributed by atoms with Crippen LogP contribution in [0.1, 0.15) is 38.4 Å². The third kappa shape index (κ3) is 4.08. The lowest BCUT2D eigenvalue weighted by atomic mass is 10.1. The van der Waals surface area contributed by atoms with Crippen LogP contribution < -0.4 is 0 Å². The first-order valence-electron chi connectivity index (χ1n) is 5.68. The molecule has 0 amide bonds. The minimum absolute atomic E-state index is 0.113. The Hall–Kier alpha value is -0.0500. The molecule has 0 aliphatic heterocycles. The summed E-state index contributed by atoms with van der Waals surface area (Å²) in [4.78, 5) is 0. The second kappa shape index (κ2) is 7.31. The molecular formula is C13H18BrClO. The topological polar surface area (TPSA) is 9.23 Å². The number of benzene rings is 1. The van der Waals surface area contributed by atoms with Crippen LogP contribution in [0.5, 0.6) is 0 Å². The van der Waals surface area contributed by atoms with Gasteiger partial charge in [0.05, 0.1) is 12.2 Å². The van der Waals surface area contributed by atoms with E-state index < -0.39 is 0 Å². The molecule has 0 N–H and O–H groups in total. The summed E-state index contributed by atoms with van der Waals surface area (Å²) in [6, 6.07) is 7.86. The summed E-state index contributed by atoms with van der Waals surface area (Å²) in [5, 5.41) is 1.57. The molecule has 0 saturated carbocycles. The summed E-state index contributed by atoms with van der Waals surface area (Å²) >= 11 is 9.37. The second-order valence-corrected chi connectivity index (χ2v) is 4.85. The minimum atomic E-state index is 0.113. The van der Waals surface area contributed by atoms with Gasteiger partial charge >= 0.3 is 0 Å². The quantitative estimate of drug-likeness (QED) is 0.673. The highest BCUT2D eigenvalue weighted by Gasteiger charge is 2.15. The van der Waals surface area contributed by atoms with Crippen LogP contribution in [0.2, 0.25) is 5.02 Å². The predicted molar refractivity (Wildman–Crippen MR) is 73.4 cm³/mol. The van der Waals surface area contributed by atoms with Gasteiger partial charge in [-0.3, -0.25) is 0 Å². The molecule has 0 saturated heterocycles. The molecule has 0 bridgehead atoms. The molecule has 1 nitrogen and oxygen atoms in total. The monoisotopic (exact) mass is 304 g/mol. The van der Waals surface area contributed by atoms with Gasteiger partial charge in [-0.1, -0.05) is 53.5 Å². The molecule has 0 fully saturated rings. The van der Waals surface area contributed by atoms with Gasteiger partial charge in [-0.05, 0) is 30.5 Å². The van der Waals surface area contributed by atoms with Crippen molar-refractivity contribution >= 4 is 27.5 Å². The lowest BCUT2D eigenvalue weighted by Crippen LogP contribution is -2.16. The lowest BCUT2D eigenvalue weighted by Gasteiger charge is -2.22. The van der Waals surface area contributed by atoms with E-state index in [2.05, 4.69) is 29.8 Å².